The van der Waals surface area contributed by atoms with Crippen molar-refractivity contribution in [3.8, 4) is 0 Å². The van der Waals surface area contributed by atoms with E-state index >= 15 is 0 Å². The SMILES string of the molecule is CC(=O)Nc1cc(C)ccc1N.CCC.CCC(C)C.Nc1sc([N+](=O)[O-])cc1[N+](=O)[O-]. The van der Waals surface area contributed by atoms with Crippen LogP contribution in [0.25, 0.3) is 0 Å². The number of nitrogens with zero attached hydrogens (tertiary/aromatic N) is 2. The Labute approximate surface area is 193 Å². The van der Waals surface area contributed by atoms with Gasteiger partial charge in [-0.3, -0.25) is 25.0 Å². The fourth-order valence-corrected chi connectivity index (χ4v) is 2.29. The number of rotatable bonds is 4. The summed E-state index contributed by atoms with van der Waals surface area (Å²) in [6.45, 7) is 14.3. The van der Waals surface area contributed by atoms with E-state index in [2.05, 4.69) is 39.9 Å². The summed E-state index contributed by atoms with van der Waals surface area (Å²) in [7, 11) is 0. The highest BCUT2D eigenvalue weighted by Gasteiger charge is 2.22. The highest BCUT2D eigenvalue weighted by atomic mass is 32.1. The first-order valence-electron chi connectivity index (χ1n) is 10.1. The number of nitrogen functional groups attached to an aromatic ring is 2. The Hall–Kier alpha value is -3.21. The van der Waals surface area contributed by atoms with Crippen LogP contribution in [0.3, 0.4) is 0 Å². The van der Waals surface area contributed by atoms with Crippen LogP contribution in [0.2, 0.25) is 0 Å². The van der Waals surface area contributed by atoms with Crippen molar-refractivity contribution in [3.63, 3.8) is 0 Å². The number of hydrogen-bond acceptors (Lipinski definition) is 8. The maximum atomic E-state index is 10.7. The first-order chi connectivity index (χ1) is 14.8. The van der Waals surface area contributed by atoms with Crippen molar-refractivity contribution < 1.29 is 14.6 Å². The third-order valence-corrected chi connectivity index (χ3v) is 4.34. The summed E-state index contributed by atoms with van der Waals surface area (Å²) in [6, 6.07) is 6.37. The standard InChI is InChI=1S/C9H12N2O.C5H12.C4H3N3O4S.C3H8/c1-6-3-4-8(10)9(5-6)11-7(2)12;1-4-5(2)3;5-4-2(6(8)9)1-3(12-4)7(10)11;1-3-2/h3-5H,10H2,1-2H3,(H,11,12);5H,4H2,1-3H3;1H,5H2;3H2,1-2H3. The summed E-state index contributed by atoms with van der Waals surface area (Å²) in [6.07, 6.45) is 2.56. The minimum absolute atomic E-state index is 0.104. The lowest BCUT2D eigenvalue weighted by Gasteiger charge is -2.06. The molecular weight excluding hydrogens is 434 g/mol. The highest BCUT2D eigenvalue weighted by molar-refractivity contribution is 7.19. The predicted octanol–water partition coefficient (Wildman–Crippen LogP) is 6.15. The molecule has 10 nitrogen and oxygen atoms in total. The molecule has 1 amide bonds. The summed E-state index contributed by atoms with van der Waals surface area (Å²) in [5, 5.41) is 22.5. The van der Waals surface area contributed by atoms with Crippen molar-refractivity contribution in [2.75, 3.05) is 16.8 Å². The molecule has 1 aromatic carbocycles. The highest BCUT2D eigenvalue weighted by Crippen LogP contribution is 2.36. The largest absolute Gasteiger partial charge is 0.397 e. The molecule has 0 unspecified atom stereocenters. The zero-order chi connectivity index (χ0) is 25.4. The molecule has 11 heteroatoms. The van der Waals surface area contributed by atoms with Crippen molar-refractivity contribution in [3.05, 3.63) is 50.1 Å². The number of nitrogens with two attached hydrogens (primary N) is 2. The maximum Gasteiger partial charge on any atom is 0.333 e. The van der Waals surface area contributed by atoms with Gasteiger partial charge in [0.15, 0.2) is 5.00 Å². The molecule has 0 spiro atoms. The van der Waals surface area contributed by atoms with Crippen LogP contribution in [0.15, 0.2) is 24.3 Å². The van der Waals surface area contributed by atoms with Crippen molar-refractivity contribution in [1.29, 1.82) is 0 Å². The minimum Gasteiger partial charge on any atom is -0.397 e. The summed E-state index contributed by atoms with van der Waals surface area (Å²) in [5.74, 6) is 0.780. The molecule has 0 bridgehead atoms. The molecule has 0 aliphatic carbocycles. The Balaban J connectivity index is 0. The smallest absolute Gasteiger partial charge is 0.333 e. The average Bonchev–Trinajstić information content (AvgIpc) is 3.08. The number of carbonyl (C=O) groups is 1. The Kier molecular flexibility index (Phi) is 16.0. The molecule has 1 heterocycles. The Morgan fingerprint density at radius 1 is 1.09 bits per heavy atom. The third kappa shape index (κ3) is 13.9. The van der Waals surface area contributed by atoms with E-state index in [1.165, 1.54) is 19.8 Å². The van der Waals surface area contributed by atoms with Gasteiger partial charge in [-0.25, -0.2) is 0 Å². The van der Waals surface area contributed by atoms with E-state index in [0.717, 1.165) is 17.5 Å². The molecule has 0 aliphatic heterocycles. The molecule has 0 fully saturated rings. The van der Waals surface area contributed by atoms with Crippen LogP contribution in [0.1, 0.15) is 59.9 Å². The molecule has 32 heavy (non-hydrogen) atoms. The maximum absolute atomic E-state index is 10.7. The van der Waals surface area contributed by atoms with Crippen LogP contribution in [0, 0.1) is 33.1 Å². The molecule has 0 radical (unpaired) electrons. The monoisotopic (exact) mass is 469 g/mol. The zero-order valence-electron chi connectivity index (χ0n) is 19.8. The Morgan fingerprint density at radius 2 is 1.59 bits per heavy atom. The summed E-state index contributed by atoms with van der Waals surface area (Å²) < 4.78 is 0. The Morgan fingerprint density at radius 3 is 1.91 bits per heavy atom. The topological polar surface area (TPSA) is 167 Å². The number of thiophene rings is 1. The molecule has 1 aromatic heterocycles. The van der Waals surface area contributed by atoms with Gasteiger partial charge in [-0.1, -0.05) is 53.5 Å². The Bertz CT molecular complexity index is 868. The normalized spacial score (nSPS) is 9.25. The van der Waals surface area contributed by atoms with Gasteiger partial charge in [0.25, 0.3) is 0 Å². The lowest BCUT2D eigenvalue weighted by atomic mass is 10.2. The number of amides is 1. The van der Waals surface area contributed by atoms with Gasteiger partial charge in [0.2, 0.25) is 5.91 Å². The van der Waals surface area contributed by atoms with Gasteiger partial charge >= 0.3 is 10.7 Å². The molecule has 2 rings (SSSR count). The zero-order valence-corrected chi connectivity index (χ0v) is 20.6. The van der Waals surface area contributed by atoms with Crippen molar-refractivity contribution in [2.45, 2.75) is 61.3 Å². The van der Waals surface area contributed by atoms with E-state index in [-0.39, 0.29) is 15.9 Å². The van der Waals surface area contributed by atoms with E-state index < -0.39 is 15.5 Å². The van der Waals surface area contributed by atoms with Crippen LogP contribution in [-0.4, -0.2) is 15.8 Å². The van der Waals surface area contributed by atoms with Gasteiger partial charge in [-0.2, -0.15) is 0 Å². The molecule has 0 atom stereocenters. The van der Waals surface area contributed by atoms with Crippen LogP contribution in [-0.2, 0) is 4.79 Å². The molecule has 0 saturated heterocycles. The first-order valence-corrected chi connectivity index (χ1v) is 10.9. The number of hydrogen-bond donors (Lipinski definition) is 3. The first kappa shape index (κ1) is 31.0. The molecule has 0 aliphatic rings. The van der Waals surface area contributed by atoms with Crippen LogP contribution < -0.4 is 16.8 Å². The van der Waals surface area contributed by atoms with Crippen LogP contribution in [0.5, 0.6) is 0 Å². The van der Waals surface area contributed by atoms with Gasteiger partial charge < -0.3 is 16.8 Å². The molecule has 5 N–H and O–H groups in total. The van der Waals surface area contributed by atoms with Crippen molar-refractivity contribution in [1.82, 2.24) is 0 Å². The van der Waals surface area contributed by atoms with Gasteiger partial charge in [-0.05, 0) is 41.9 Å². The number of anilines is 3. The second-order valence-corrected chi connectivity index (χ2v) is 8.19. The fourth-order valence-electron chi connectivity index (χ4n) is 1.58. The predicted molar refractivity (Wildman–Crippen MR) is 133 cm³/mol. The van der Waals surface area contributed by atoms with E-state index in [9.17, 15) is 25.0 Å². The molecular formula is C21H35N5O5S. The van der Waals surface area contributed by atoms with Gasteiger partial charge in [-0.15, -0.1) is 0 Å². The molecule has 0 saturated carbocycles. The van der Waals surface area contributed by atoms with E-state index in [4.69, 9.17) is 11.5 Å². The molecule has 180 valence electrons. The van der Waals surface area contributed by atoms with Gasteiger partial charge in [0.05, 0.1) is 21.2 Å². The number of aryl methyl sites for hydroxylation is 1. The fraction of sp³-hybridized carbons (Fsp3) is 0.476. The second kappa shape index (κ2) is 16.5. The van der Waals surface area contributed by atoms with Gasteiger partial charge in [0.1, 0.15) is 6.07 Å². The molecule has 2 aromatic rings. The van der Waals surface area contributed by atoms with Crippen LogP contribution in [0.4, 0.5) is 27.1 Å². The van der Waals surface area contributed by atoms with Crippen molar-refractivity contribution >= 4 is 44.3 Å². The minimum atomic E-state index is -0.751. The number of carbonyl (C=O) groups excluding carboxylic acids is 1. The quantitative estimate of drug-likeness (QED) is 0.274. The van der Waals surface area contributed by atoms with E-state index in [1.807, 2.05) is 19.1 Å². The van der Waals surface area contributed by atoms with E-state index in [1.54, 1.807) is 6.07 Å². The van der Waals surface area contributed by atoms with Crippen molar-refractivity contribution in [2.24, 2.45) is 5.92 Å². The van der Waals surface area contributed by atoms with E-state index in [0.29, 0.717) is 22.7 Å². The van der Waals surface area contributed by atoms with Gasteiger partial charge in [0, 0.05) is 6.92 Å². The average molecular weight is 470 g/mol. The lowest BCUT2D eigenvalue weighted by Crippen LogP contribution is -2.07. The summed E-state index contributed by atoms with van der Waals surface area (Å²) in [5.41, 5.74) is 12.7. The third-order valence-electron chi connectivity index (χ3n) is 3.44. The second-order valence-electron chi connectivity index (χ2n) is 7.13. The number of benzene rings is 1. The van der Waals surface area contributed by atoms with Crippen LogP contribution >= 0.6 is 11.3 Å². The number of nitrogens with one attached hydrogen (secondary N) is 1. The summed E-state index contributed by atoms with van der Waals surface area (Å²) in [4.78, 5) is 29.5. The lowest BCUT2D eigenvalue weighted by molar-refractivity contribution is -0.389. The number of nitro groups is 2. The summed E-state index contributed by atoms with van der Waals surface area (Å²) >= 11 is 0.588.